The lowest BCUT2D eigenvalue weighted by molar-refractivity contribution is -0.163. The van der Waals surface area contributed by atoms with Crippen LogP contribution in [-0.4, -0.2) is 78.3 Å². The summed E-state index contributed by atoms with van der Waals surface area (Å²) in [5, 5.41) is 13.9. The number of carbonyl (C=O) groups is 2. The molecule has 6 fully saturated rings. The van der Waals surface area contributed by atoms with E-state index >= 15 is 0 Å². The average Bonchev–Trinajstić information content (AvgIpc) is 2.87. The zero-order valence-corrected chi connectivity index (χ0v) is 21.0. The molecule has 1 aromatic carbocycles. The van der Waals surface area contributed by atoms with E-state index < -0.39 is 0 Å². The molecular weight excluding hydrogens is 440 g/mol. The number of rotatable bonds is 3. The number of piperidine rings is 1. The largest absolute Gasteiger partial charge is 0.393 e. The van der Waals surface area contributed by atoms with Crippen LogP contribution in [0.2, 0.25) is 0 Å². The molecule has 4 saturated carbocycles. The van der Waals surface area contributed by atoms with Gasteiger partial charge in [-0.3, -0.25) is 4.79 Å². The van der Waals surface area contributed by atoms with Gasteiger partial charge in [0.15, 0.2) is 0 Å². The average molecular weight is 481 g/mol. The predicted molar refractivity (Wildman–Crippen MR) is 135 cm³/mol. The Morgan fingerprint density at radius 1 is 0.971 bits per heavy atom. The third kappa shape index (κ3) is 4.20. The van der Waals surface area contributed by atoms with Gasteiger partial charge < -0.3 is 25.1 Å². The standard InChI is InChI=1S/C28H40N4O3/c1-19-5-2-3-7-24(19)30-9-11-31(12-10-30)27(35)32-8-4-6-23(18-32)29-26(34)28-15-20-13-21(16-28)25(33)22(14-20)17-28/h2-3,5,7,20-23,25,33H,4,6,8-18H2,1H3,(H,29,34)/t20?,21-,22?,23+,25?,28?/m1/s1. The third-order valence-corrected chi connectivity index (χ3v) is 9.74. The molecule has 1 aromatic rings. The molecule has 6 aliphatic rings. The minimum atomic E-state index is -0.284. The number of aryl methyl sites for hydroxylation is 1. The lowest BCUT2D eigenvalue weighted by atomic mass is 9.48. The van der Waals surface area contributed by atoms with E-state index in [0.717, 1.165) is 77.7 Å². The van der Waals surface area contributed by atoms with Gasteiger partial charge in [0, 0.05) is 51.0 Å². The highest BCUT2D eigenvalue weighted by molar-refractivity contribution is 5.83. The summed E-state index contributed by atoms with van der Waals surface area (Å²) in [5.41, 5.74) is 2.25. The first-order valence-corrected chi connectivity index (χ1v) is 13.8. The van der Waals surface area contributed by atoms with Gasteiger partial charge in [-0.05, 0) is 81.3 Å². The molecule has 190 valence electrons. The van der Waals surface area contributed by atoms with E-state index in [9.17, 15) is 14.7 Å². The second kappa shape index (κ2) is 8.99. The number of hydrogen-bond acceptors (Lipinski definition) is 4. The molecule has 6 atom stereocenters. The topological polar surface area (TPSA) is 76.1 Å². The molecule has 3 amide bonds. The van der Waals surface area contributed by atoms with Crippen LogP contribution in [0, 0.1) is 30.1 Å². The summed E-state index contributed by atoms with van der Waals surface area (Å²) in [6.07, 6.45) is 6.51. The van der Waals surface area contributed by atoms with Crippen LogP contribution in [0.5, 0.6) is 0 Å². The van der Waals surface area contributed by atoms with Crippen molar-refractivity contribution in [3.63, 3.8) is 0 Å². The summed E-state index contributed by atoms with van der Waals surface area (Å²) >= 11 is 0. The molecule has 0 aromatic heterocycles. The highest BCUT2D eigenvalue weighted by atomic mass is 16.3. The van der Waals surface area contributed by atoms with Gasteiger partial charge >= 0.3 is 6.03 Å². The number of aliphatic hydroxyl groups is 1. The van der Waals surface area contributed by atoms with Crippen molar-refractivity contribution in [2.75, 3.05) is 44.2 Å². The summed E-state index contributed by atoms with van der Waals surface area (Å²) in [6.45, 7) is 6.68. The lowest BCUT2D eigenvalue weighted by Gasteiger charge is -2.58. The summed E-state index contributed by atoms with van der Waals surface area (Å²) < 4.78 is 0. The first-order chi connectivity index (χ1) is 16.9. The van der Waals surface area contributed by atoms with Gasteiger partial charge in [-0.25, -0.2) is 4.79 Å². The number of urea groups is 1. The van der Waals surface area contributed by atoms with Gasteiger partial charge in [0.25, 0.3) is 0 Å². The van der Waals surface area contributed by atoms with Crippen LogP contribution in [-0.2, 0) is 4.79 Å². The van der Waals surface area contributed by atoms with E-state index in [0.29, 0.717) is 24.3 Å². The van der Waals surface area contributed by atoms with E-state index in [2.05, 4.69) is 41.4 Å². The highest BCUT2D eigenvalue weighted by Crippen LogP contribution is 2.60. The van der Waals surface area contributed by atoms with Crippen LogP contribution in [0.1, 0.15) is 50.5 Å². The zero-order chi connectivity index (χ0) is 24.2. The number of anilines is 1. The van der Waals surface area contributed by atoms with Crippen LogP contribution < -0.4 is 10.2 Å². The monoisotopic (exact) mass is 480 g/mol. The van der Waals surface area contributed by atoms with Crippen molar-refractivity contribution in [3.05, 3.63) is 29.8 Å². The van der Waals surface area contributed by atoms with Crippen LogP contribution in [0.3, 0.4) is 0 Å². The molecule has 0 radical (unpaired) electrons. The number of likely N-dealkylation sites (tertiary alicyclic amines) is 1. The number of amides is 3. The molecule has 7 heteroatoms. The molecule has 35 heavy (non-hydrogen) atoms. The number of nitrogens with zero attached hydrogens (tertiary/aromatic N) is 3. The maximum absolute atomic E-state index is 13.5. The van der Waals surface area contributed by atoms with Crippen molar-refractivity contribution in [2.24, 2.45) is 23.2 Å². The molecule has 2 aliphatic heterocycles. The van der Waals surface area contributed by atoms with Crippen LogP contribution in [0.25, 0.3) is 0 Å². The Morgan fingerprint density at radius 2 is 1.69 bits per heavy atom. The molecular formula is C28H40N4O3. The Bertz CT molecular complexity index is 959. The number of piperazine rings is 1. The minimum absolute atomic E-state index is 0.0337. The summed E-state index contributed by atoms with van der Waals surface area (Å²) in [7, 11) is 0. The summed E-state index contributed by atoms with van der Waals surface area (Å²) in [4.78, 5) is 33.2. The fraction of sp³-hybridized carbons (Fsp3) is 0.714. The van der Waals surface area contributed by atoms with Gasteiger partial charge in [0.05, 0.1) is 11.5 Å². The van der Waals surface area contributed by atoms with Crippen LogP contribution >= 0.6 is 0 Å². The Morgan fingerprint density at radius 3 is 2.40 bits per heavy atom. The summed E-state index contributed by atoms with van der Waals surface area (Å²) in [5.74, 6) is 1.39. The second-order valence-corrected chi connectivity index (χ2v) is 12.0. The lowest BCUT2D eigenvalue weighted by Crippen LogP contribution is -2.61. The molecule has 7 nitrogen and oxygen atoms in total. The maximum atomic E-state index is 13.5. The second-order valence-electron chi connectivity index (χ2n) is 12.0. The van der Waals surface area contributed by atoms with E-state index in [1.807, 2.05) is 9.80 Å². The zero-order valence-electron chi connectivity index (χ0n) is 21.0. The van der Waals surface area contributed by atoms with Gasteiger partial charge in [-0.1, -0.05) is 18.2 Å². The van der Waals surface area contributed by atoms with Gasteiger partial charge in [-0.2, -0.15) is 0 Å². The first kappa shape index (κ1) is 23.1. The maximum Gasteiger partial charge on any atom is 0.320 e. The Balaban J connectivity index is 1.04. The quantitative estimate of drug-likeness (QED) is 0.697. The number of carbonyl (C=O) groups excluding carboxylic acids is 2. The Hall–Kier alpha value is -2.28. The van der Waals surface area contributed by atoms with E-state index in [1.54, 1.807) is 0 Å². The molecule has 7 rings (SSSR count). The molecule has 4 bridgehead atoms. The number of benzene rings is 1. The highest BCUT2D eigenvalue weighted by Gasteiger charge is 2.58. The van der Waals surface area contributed by atoms with Gasteiger partial charge in [-0.15, -0.1) is 0 Å². The fourth-order valence-electron chi connectivity index (χ4n) is 8.14. The van der Waals surface area contributed by atoms with Crippen molar-refractivity contribution < 1.29 is 14.7 Å². The molecule has 0 spiro atoms. The minimum Gasteiger partial charge on any atom is -0.393 e. The first-order valence-electron chi connectivity index (χ1n) is 13.8. The number of hydrogen-bond donors (Lipinski definition) is 2. The normalized spacial score (nSPS) is 36.4. The van der Waals surface area contributed by atoms with E-state index in [-0.39, 0.29) is 29.5 Å². The van der Waals surface area contributed by atoms with Crippen molar-refractivity contribution in [1.82, 2.24) is 15.1 Å². The van der Waals surface area contributed by atoms with Crippen molar-refractivity contribution in [2.45, 2.75) is 64.0 Å². The fourth-order valence-corrected chi connectivity index (χ4v) is 8.14. The number of para-hydroxylation sites is 1. The summed E-state index contributed by atoms with van der Waals surface area (Å²) in [6, 6.07) is 8.60. The number of nitrogens with one attached hydrogen (secondary N) is 1. The van der Waals surface area contributed by atoms with Gasteiger partial charge in [0.1, 0.15) is 0 Å². The van der Waals surface area contributed by atoms with Gasteiger partial charge in [0.2, 0.25) is 5.91 Å². The smallest absolute Gasteiger partial charge is 0.320 e. The number of aliphatic hydroxyl groups excluding tert-OH is 1. The van der Waals surface area contributed by atoms with Crippen LogP contribution in [0.4, 0.5) is 10.5 Å². The third-order valence-electron chi connectivity index (χ3n) is 9.74. The molecule has 2 saturated heterocycles. The van der Waals surface area contributed by atoms with Crippen molar-refractivity contribution in [3.8, 4) is 0 Å². The van der Waals surface area contributed by atoms with Crippen molar-refractivity contribution >= 4 is 17.6 Å². The van der Waals surface area contributed by atoms with Crippen LogP contribution in [0.15, 0.2) is 24.3 Å². The van der Waals surface area contributed by atoms with Crippen molar-refractivity contribution in [1.29, 1.82) is 0 Å². The van der Waals surface area contributed by atoms with E-state index in [4.69, 9.17) is 0 Å². The predicted octanol–water partition coefficient (Wildman–Crippen LogP) is 3.00. The Kier molecular flexibility index (Phi) is 5.94. The van der Waals surface area contributed by atoms with E-state index in [1.165, 1.54) is 11.3 Å². The molecule has 2 N–H and O–H groups in total. The molecule has 2 heterocycles. The molecule has 4 aliphatic carbocycles. The SMILES string of the molecule is Cc1ccccc1N1CCN(C(=O)N2CCC[C@H](NC(=O)C34CC5CC(C3)C(O)[C@H](C5)C4)C2)CC1. The Labute approximate surface area is 208 Å². The molecule has 4 unspecified atom stereocenters.